The van der Waals surface area contributed by atoms with E-state index in [1.54, 1.807) is 14.2 Å². The number of ether oxygens (including phenoxy) is 2. The maximum Gasteiger partial charge on any atom is 0.270 e. The van der Waals surface area contributed by atoms with E-state index in [4.69, 9.17) is 9.47 Å². The van der Waals surface area contributed by atoms with Gasteiger partial charge in [0, 0.05) is 30.6 Å². The molecular formula is C17H23N3O3. The molecule has 0 bridgehead atoms. The summed E-state index contributed by atoms with van der Waals surface area (Å²) in [6.07, 6.45) is 0. The first kappa shape index (κ1) is 15.7. The average Bonchev–Trinajstić information content (AvgIpc) is 2.98. The number of aromatic amines is 1. The van der Waals surface area contributed by atoms with Crippen molar-refractivity contribution in [3.63, 3.8) is 0 Å². The minimum atomic E-state index is 0.00630. The largest absolute Gasteiger partial charge is 0.496 e. The quantitative estimate of drug-likeness (QED) is 0.909. The number of nitrogens with zero attached hydrogens (tertiary/aromatic N) is 1. The van der Waals surface area contributed by atoms with E-state index in [1.165, 1.54) is 0 Å². The molecule has 2 aromatic rings. The van der Waals surface area contributed by atoms with Gasteiger partial charge in [-0.1, -0.05) is 0 Å². The molecule has 0 spiro atoms. The smallest absolute Gasteiger partial charge is 0.270 e. The zero-order chi connectivity index (χ0) is 16.6. The summed E-state index contributed by atoms with van der Waals surface area (Å²) in [5.74, 6) is 1.42. The van der Waals surface area contributed by atoms with E-state index in [1.807, 2.05) is 23.1 Å². The summed E-state index contributed by atoms with van der Waals surface area (Å²) in [6.45, 7) is 5.74. The highest BCUT2D eigenvalue weighted by molar-refractivity contribution is 6.01. The molecule has 0 aliphatic carbocycles. The first-order valence-corrected chi connectivity index (χ1v) is 7.84. The molecule has 0 radical (unpaired) electrons. The van der Waals surface area contributed by atoms with Gasteiger partial charge in [0.15, 0.2) is 0 Å². The first-order chi connectivity index (χ1) is 11.1. The third-order valence-corrected chi connectivity index (χ3v) is 4.45. The van der Waals surface area contributed by atoms with Crippen LogP contribution in [0.25, 0.3) is 10.9 Å². The summed E-state index contributed by atoms with van der Waals surface area (Å²) in [7, 11) is 3.24. The number of carbonyl (C=O) groups is 1. The Labute approximate surface area is 135 Å². The van der Waals surface area contributed by atoms with Crippen molar-refractivity contribution >= 4 is 16.8 Å². The van der Waals surface area contributed by atoms with Gasteiger partial charge in [0.05, 0.1) is 19.7 Å². The normalized spacial score (nSPS) is 21.5. The molecule has 1 aromatic heterocycles. The summed E-state index contributed by atoms with van der Waals surface area (Å²) in [5, 5.41) is 4.19. The van der Waals surface area contributed by atoms with Gasteiger partial charge in [0.1, 0.15) is 17.2 Å². The number of carbonyl (C=O) groups excluding carboxylic acids is 1. The van der Waals surface area contributed by atoms with E-state index < -0.39 is 0 Å². The minimum Gasteiger partial charge on any atom is -0.496 e. The SMILES string of the molecule is COc1ccc(OC)c2[nH]c(C(=O)N3[C@H](C)CNC[C@H]3C)cc12. The number of piperazine rings is 1. The molecule has 124 valence electrons. The van der Waals surface area contributed by atoms with Crippen LogP contribution in [-0.4, -0.2) is 55.2 Å². The van der Waals surface area contributed by atoms with Crippen LogP contribution in [0.5, 0.6) is 11.5 Å². The van der Waals surface area contributed by atoms with Crippen molar-refractivity contribution < 1.29 is 14.3 Å². The number of methoxy groups -OCH3 is 2. The molecule has 2 atom stereocenters. The van der Waals surface area contributed by atoms with E-state index in [2.05, 4.69) is 24.1 Å². The molecule has 23 heavy (non-hydrogen) atoms. The van der Waals surface area contributed by atoms with Crippen LogP contribution in [0.4, 0.5) is 0 Å². The molecule has 1 saturated heterocycles. The number of amides is 1. The molecule has 1 aromatic carbocycles. The fraction of sp³-hybridized carbons (Fsp3) is 0.471. The van der Waals surface area contributed by atoms with Gasteiger partial charge < -0.3 is 24.7 Å². The molecule has 0 unspecified atom stereocenters. The van der Waals surface area contributed by atoms with Crippen molar-refractivity contribution in [2.45, 2.75) is 25.9 Å². The van der Waals surface area contributed by atoms with Crippen molar-refractivity contribution in [2.24, 2.45) is 0 Å². The Bertz CT molecular complexity index is 674. The van der Waals surface area contributed by atoms with Crippen molar-refractivity contribution in [1.29, 1.82) is 0 Å². The van der Waals surface area contributed by atoms with Crippen LogP contribution in [0, 0.1) is 0 Å². The second-order valence-electron chi connectivity index (χ2n) is 6.01. The van der Waals surface area contributed by atoms with Crippen LogP contribution in [0.15, 0.2) is 18.2 Å². The topological polar surface area (TPSA) is 66.6 Å². The summed E-state index contributed by atoms with van der Waals surface area (Å²) >= 11 is 0. The number of fused-ring (bicyclic) bond motifs is 1. The van der Waals surface area contributed by atoms with Crippen molar-refractivity contribution in [3.8, 4) is 11.5 Å². The fourth-order valence-electron chi connectivity index (χ4n) is 3.30. The monoisotopic (exact) mass is 317 g/mol. The van der Waals surface area contributed by atoms with Crippen molar-refractivity contribution in [3.05, 3.63) is 23.9 Å². The Morgan fingerprint density at radius 1 is 1.13 bits per heavy atom. The number of aromatic nitrogens is 1. The molecule has 0 saturated carbocycles. The van der Waals surface area contributed by atoms with E-state index >= 15 is 0 Å². The molecule has 6 nitrogen and oxygen atoms in total. The third kappa shape index (κ3) is 2.63. The van der Waals surface area contributed by atoms with Gasteiger partial charge in [0.2, 0.25) is 0 Å². The molecule has 3 rings (SSSR count). The maximum atomic E-state index is 13.0. The maximum absolute atomic E-state index is 13.0. The number of hydrogen-bond donors (Lipinski definition) is 2. The third-order valence-electron chi connectivity index (χ3n) is 4.45. The predicted molar refractivity (Wildman–Crippen MR) is 89.4 cm³/mol. The fourth-order valence-corrected chi connectivity index (χ4v) is 3.30. The number of benzene rings is 1. The van der Waals surface area contributed by atoms with Gasteiger partial charge in [-0.25, -0.2) is 0 Å². The van der Waals surface area contributed by atoms with Gasteiger partial charge in [0.25, 0.3) is 5.91 Å². The lowest BCUT2D eigenvalue weighted by molar-refractivity contribution is 0.0539. The van der Waals surface area contributed by atoms with Crippen LogP contribution < -0.4 is 14.8 Å². The lowest BCUT2D eigenvalue weighted by Gasteiger charge is -2.39. The molecule has 1 amide bonds. The van der Waals surface area contributed by atoms with Crippen LogP contribution in [0.1, 0.15) is 24.3 Å². The van der Waals surface area contributed by atoms with Crippen LogP contribution in [0.3, 0.4) is 0 Å². The highest BCUT2D eigenvalue weighted by atomic mass is 16.5. The van der Waals surface area contributed by atoms with Gasteiger partial charge in [-0.2, -0.15) is 0 Å². The van der Waals surface area contributed by atoms with E-state index in [-0.39, 0.29) is 18.0 Å². The van der Waals surface area contributed by atoms with E-state index in [0.29, 0.717) is 11.4 Å². The standard InChI is InChI=1S/C17H23N3O3/c1-10-8-18-9-11(2)20(10)17(21)13-7-12-14(22-3)5-6-15(23-4)16(12)19-13/h5-7,10-11,18-19H,8-9H2,1-4H3/t10-,11-/m1/s1. The molecule has 1 fully saturated rings. The lowest BCUT2D eigenvalue weighted by atomic mass is 10.1. The average molecular weight is 317 g/mol. The summed E-state index contributed by atoms with van der Waals surface area (Å²) in [4.78, 5) is 18.1. The van der Waals surface area contributed by atoms with Gasteiger partial charge in [-0.3, -0.25) is 4.79 Å². The van der Waals surface area contributed by atoms with Gasteiger partial charge >= 0.3 is 0 Å². The Morgan fingerprint density at radius 2 is 1.74 bits per heavy atom. The van der Waals surface area contributed by atoms with Gasteiger partial charge in [-0.05, 0) is 32.0 Å². The zero-order valence-electron chi connectivity index (χ0n) is 14.0. The van der Waals surface area contributed by atoms with Crippen LogP contribution in [-0.2, 0) is 0 Å². The molecule has 2 heterocycles. The predicted octanol–water partition coefficient (Wildman–Crippen LogP) is 2.01. The number of H-pyrrole nitrogens is 1. The molecule has 2 N–H and O–H groups in total. The Hall–Kier alpha value is -2.21. The highest BCUT2D eigenvalue weighted by Gasteiger charge is 2.30. The Kier molecular flexibility index (Phi) is 4.17. The second-order valence-corrected chi connectivity index (χ2v) is 6.01. The highest BCUT2D eigenvalue weighted by Crippen LogP contribution is 2.33. The molecule has 6 heteroatoms. The molecular weight excluding hydrogens is 294 g/mol. The van der Waals surface area contributed by atoms with E-state index in [9.17, 15) is 4.79 Å². The summed E-state index contributed by atoms with van der Waals surface area (Å²) < 4.78 is 10.8. The summed E-state index contributed by atoms with van der Waals surface area (Å²) in [6, 6.07) is 5.84. The zero-order valence-corrected chi connectivity index (χ0v) is 14.0. The van der Waals surface area contributed by atoms with Crippen LogP contribution in [0.2, 0.25) is 0 Å². The molecule has 1 aliphatic rings. The Balaban J connectivity index is 2.04. The van der Waals surface area contributed by atoms with Gasteiger partial charge in [-0.15, -0.1) is 0 Å². The Morgan fingerprint density at radius 3 is 2.35 bits per heavy atom. The minimum absolute atomic E-state index is 0.00630. The number of nitrogens with one attached hydrogen (secondary N) is 2. The van der Waals surface area contributed by atoms with Crippen molar-refractivity contribution in [2.75, 3.05) is 27.3 Å². The van der Waals surface area contributed by atoms with E-state index in [0.717, 1.165) is 29.7 Å². The summed E-state index contributed by atoms with van der Waals surface area (Å²) in [5.41, 5.74) is 1.34. The number of rotatable bonds is 3. The lowest BCUT2D eigenvalue weighted by Crippen LogP contribution is -2.57. The van der Waals surface area contributed by atoms with Crippen molar-refractivity contribution in [1.82, 2.24) is 15.2 Å². The molecule has 1 aliphatic heterocycles. The number of hydrogen-bond acceptors (Lipinski definition) is 4. The second kappa shape index (κ2) is 6.12. The first-order valence-electron chi connectivity index (χ1n) is 7.84. The van der Waals surface area contributed by atoms with Crippen LogP contribution >= 0.6 is 0 Å².